The van der Waals surface area contributed by atoms with E-state index in [1.807, 2.05) is 0 Å². The number of benzene rings is 1. The average Bonchev–Trinajstić information content (AvgIpc) is 2.30. The van der Waals surface area contributed by atoms with Gasteiger partial charge in [0.15, 0.2) is 12.4 Å². The molecule has 5 heteroatoms. The second kappa shape index (κ2) is 5.65. The summed E-state index contributed by atoms with van der Waals surface area (Å²) >= 11 is 3.25. The van der Waals surface area contributed by atoms with Gasteiger partial charge >= 0.3 is 0 Å². The molecule has 1 aromatic rings. The van der Waals surface area contributed by atoms with Gasteiger partial charge in [0.25, 0.3) is 5.91 Å². The summed E-state index contributed by atoms with van der Waals surface area (Å²) in [5.74, 6) is 0.161. The molecule has 16 heavy (non-hydrogen) atoms. The Labute approximate surface area is 102 Å². The molecule has 86 valence electrons. The third kappa shape index (κ3) is 3.06. The van der Waals surface area contributed by atoms with Crippen LogP contribution in [0.2, 0.25) is 0 Å². The Bertz CT molecular complexity index is 406. The minimum atomic E-state index is -0.634. The lowest BCUT2D eigenvalue weighted by Crippen LogP contribution is -2.33. The zero-order chi connectivity index (χ0) is 12.1. The zero-order valence-electron chi connectivity index (χ0n) is 8.99. The van der Waals surface area contributed by atoms with Crippen molar-refractivity contribution in [1.29, 1.82) is 0 Å². The molecule has 0 spiro atoms. The molecule has 1 rings (SSSR count). The van der Waals surface area contributed by atoms with Crippen LogP contribution >= 0.6 is 15.9 Å². The summed E-state index contributed by atoms with van der Waals surface area (Å²) in [6.45, 7) is 1.62. The molecule has 0 aliphatic rings. The van der Waals surface area contributed by atoms with Gasteiger partial charge in [0, 0.05) is 11.5 Å². The van der Waals surface area contributed by atoms with Crippen molar-refractivity contribution >= 4 is 28.1 Å². The molecular weight excluding hydrogens is 274 g/mol. The van der Waals surface area contributed by atoms with Crippen molar-refractivity contribution in [3.63, 3.8) is 0 Å². The largest absolute Gasteiger partial charge is 0.480 e. The molecular formula is C11H12BrNO3. The van der Waals surface area contributed by atoms with Crippen LogP contribution in [-0.4, -0.2) is 25.3 Å². The van der Waals surface area contributed by atoms with Crippen molar-refractivity contribution < 1.29 is 14.3 Å². The van der Waals surface area contributed by atoms with Gasteiger partial charge in [-0.3, -0.25) is 9.59 Å². The summed E-state index contributed by atoms with van der Waals surface area (Å²) in [6.07, 6.45) is 0.0568. The second-order valence-corrected chi connectivity index (χ2v) is 4.09. The predicted octanol–water partition coefficient (Wildman–Crippen LogP) is 1.77. The average molecular weight is 286 g/mol. The number of carbonyl (C=O) groups is 2. The summed E-state index contributed by atoms with van der Waals surface area (Å²) in [6, 6.07) is 5.03. The van der Waals surface area contributed by atoms with Gasteiger partial charge in [-0.05, 0) is 25.1 Å². The van der Waals surface area contributed by atoms with Gasteiger partial charge in [-0.25, -0.2) is 0 Å². The van der Waals surface area contributed by atoms with Crippen molar-refractivity contribution in [2.75, 3.05) is 7.05 Å². The van der Waals surface area contributed by atoms with Gasteiger partial charge in [-0.1, -0.05) is 15.9 Å². The molecule has 0 saturated carbocycles. The molecule has 0 aliphatic heterocycles. The van der Waals surface area contributed by atoms with E-state index in [9.17, 15) is 9.59 Å². The maximum atomic E-state index is 11.2. The third-order valence-electron chi connectivity index (χ3n) is 2.02. The number of ether oxygens (including phenoxy) is 1. The van der Waals surface area contributed by atoms with Crippen molar-refractivity contribution in [3.8, 4) is 5.75 Å². The fourth-order valence-electron chi connectivity index (χ4n) is 1.17. The number of carbonyl (C=O) groups excluding carboxylic acids is 2. The Balaban J connectivity index is 2.88. The van der Waals surface area contributed by atoms with Gasteiger partial charge in [-0.2, -0.15) is 0 Å². The molecule has 1 N–H and O–H groups in total. The lowest BCUT2D eigenvalue weighted by atomic mass is 10.2. The Morgan fingerprint density at radius 3 is 2.81 bits per heavy atom. The number of amides is 1. The molecule has 0 saturated heterocycles. The lowest BCUT2D eigenvalue weighted by molar-refractivity contribution is -0.126. The summed E-state index contributed by atoms with van der Waals surface area (Å²) in [5, 5.41) is 2.47. The molecule has 4 nitrogen and oxygen atoms in total. The number of nitrogens with one attached hydrogen (secondary N) is 1. The fourth-order valence-corrected chi connectivity index (χ4v) is 1.54. The first-order valence-corrected chi connectivity index (χ1v) is 5.50. The number of aldehydes is 1. The Morgan fingerprint density at radius 2 is 2.25 bits per heavy atom. The molecule has 0 aliphatic carbocycles. The number of hydrogen-bond acceptors (Lipinski definition) is 3. The smallest absolute Gasteiger partial charge is 0.260 e. The highest BCUT2D eigenvalue weighted by atomic mass is 79.9. The quantitative estimate of drug-likeness (QED) is 0.858. The molecule has 0 bridgehead atoms. The van der Waals surface area contributed by atoms with Gasteiger partial charge in [0.05, 0.1) is 5.56 Å². The van der Waals surface area contributed by atoms with E-state index in [2.05, 4.69) is 21.2 Å². The number of hydrogen-bond donors (Lipinski definition) is 1. The number of halogens is 1. The topological polar surface area (TPSA) is 55.4 Å². The van der Waals surface area contributed by atoms with E-state index in [1.165, 1.54) is 7.05 Å². The summed E-state index contributed by atoms with van der Waals surface area (Å²) in [4.78, 5) is 22.0. The first-order valence-electron chi connectivity index (χ1n) is 4.71. The normalized spacial score (nSPS) is 11.7. The van der Waals surface area contributed by atoms with Crippen LogP contribution < -0.4 is 10.1 Å². The minimum Gasteiger partial charge on any atom is -0.480 e. The highest BCUT2D eigenvalue weighted by Gasteiger charge is 2.14. The summed E-state index contributed by atoms with van der Waals surface area (Å²) in [7, 11) is 1.53. The first kappa shape index (κ1) is 12.7. The van der Waals surface area contributed by atoms with Crippen LogP contribution in [0.1, 0.15) is 17.3 Å². The monoisotopic (exact) mass is 285 g/mol. The van der Waals surface area contributed by atoms with E-state index in [0.29, 0.717) is 17.6 Å². The van der Waals surface area contributed by atoms with Crippen molar-refractivity contribution in [2.24, 2.45) is 0 Å². The van der Waals surface area contributed by atoms with E-state index in [-0.39, 0.29) is 5.91 Å². The predicted molar refractivity (Wildman–Crippen MR) is 63.7 cm³/mol. The van der Waals surface area contributed by atoms with Gasteiger partial charge < -0.3 is 10.1 Å². The molecule has 1 atom stereocenters. The number of rotatable bonds is 4. The maximum absolute atomic E-state index is 11.2. The van der Waals surface area contributed by atoms with Crippen LogP contribution in [0, 0.1) is 0 Å². The van der Waals surface area contributed by atoms with E-state index < -0.39 is 6.10 Å². The van der Waals surface area contributed by atoms with Gasteiger partial charge in [0.2, 0.25) is 0 Å². The molecule has 0 aromatic heterocycles. The summed E-state index contributed by atoms with van der Waals surface area (Å²) < 4.78 is 6.17. The lowest BCUT2D eigenvalue weighted by Gasteiger charge is -2.14. The highest BCUT2D eigenvalue weighted by Crippen LogP contribution is 2.22. The SMILES string of the molecule is CNC(=O)[C@H](C)Oc1ccc(Br)cc1C=O. The van der Waals surface area contributed by atoms with E-state index >= 15 is 0 Å². The van der Waals surface area contributed by atoms with Crippen LogP contribution in [0.3, 0.4) is 0 Å². The second-order valence-electron chi connectivity index (χ2n) is 3.17. The van der Waals surface area contributed by atoms with Crippen LogP contribution in [0.4, 0.5) is 0 Å². The Morgan fingerprint density at radius 1 is 1.56 bits per heavy atom. The van der Waals surface area contributed by atoms with E-state index in [1.54, 1.807) is 25.1 Å². The van der Waals surface area contributed by atoms with Crippen LogP contribution in [-0.2, 0) is 4.79 Å². The van der Waals surface area contributed by atoms with E-state index in [0.717, 1.165) is 4.47 Å². The van der Waals surface area contributed by atoms with Crippen molar-refractivity contribution in [3.05, 3.63) is 28.2 Å². The third-order valence-corrected chi connectivity index (χ3v) is 2.51. The first-order chi connectivity index (χ1) is 7.58. The standard InChI is InChI=1S/C11H12BrNO3/c1-7(11(15)13-2)16-10-4-3-9(12)5-8(10)6-14/h3-7H,1-2H3,(H,13,15)/t7-/m0/s1. The fraction of sp³-hybridized carbons (Fsp3) is 0.273. The maximum Gasteiger partial charge on any atom is 0.260 e. The molecule has 0 fully saturated rings. The van der Waals surface area contributed by atoms with Crippen LogP contribution in [0.25, 0.3) is 0 Å². The van der Waals surface area contributed by atoms with Crippen LogP contribution in [0.15, 0.2) is 22.7 Å². The van der Waals surface area contributed by atoms with Crippen LogP contribution in [0.5, 0.6) is 5.75 Å². The number of likely N-dealkylation sites (N-methyl/N-ethyl adjacent to an activating group) is 1. The van der Waals surface area contributed by atoms with Crippen molar-refractivity contribution in [2.45, 2.75) is 13.0 Å². The molecule has 1 aromatic carbocycles. The Kier molecular flexibility index (Phi) is 4.49. The van der Waals surface area contributed by atoms with Crippen molar-refractivity contribution in [1.82, 2.24) is 5.32 Å². The zero-order valence-corrected chi connectivity index (χ0v) is 10.6. The molecule has 0 heterocycles. The molecule has 0 radical (unpaired) electrons. The minimum absolute atomic E-state index is 0.236. The van der Waals surface area contributed by atoms with Gasteiger partial charge in [0.1, 0.15) is 5.75 Å². The van der Waals surface area contributed by atoms with Gasteiger partial charge in [-0.15, -0.1) is 0 Å². The van der Waals surface area contributed by atoms with E-state index in [4.69, 9.17) is 4.74 Å². The summed E-state index contributed by atoms with van der Waals surface area (Å²) in [5.41, 5.74) is 0.408. The molecule has 0 unspecified atom stereocenters. The highest BCUT2D eigenvalue weighted by molar-refractivity contribution is 9.10. The molecule has 1 amide bonds. The Hall–Kier alpha value is -1.36.